The Morgan fingerprint density at radius 3 is 2.12 bits per heavy atom. The minimum Gasteiger partial charge on any atom is -0.450 e. The predicted molar refractivity (Wildman–Crippen MR) is 97.2 cm³/mol. The highest BCUT2D eigenvalue weighted by Gasteiger charge is 2.56. The van der Waals surface area contributed by atoms with E-state index in [0.29, 0.717) is 12.8 Å². The van der Waals surface area contributed by atoms with Crippen LogP contribution in [0.5, 0.6) is 0 Å². The molecule has 2 aromatic rings. The molecule has 0 radical (unpaired) electrons. The van der Waals surface area contributed by atoms with Crippen LogP contribution in [0.1, 0.15) is 43.7 Å². The second kappa shape index (κ2) is 7.22. The number of carbonyl (C=O) groups is 2. The molecule has 130 valence electrons. The molecule has 1 fully saturated rings. The topological polar surface area (TPSA) is 43.4 Å². The van der Waals surface area contributed by atoms with Gasteiger partial charge in [0.05, 0.1) is 0 Å². The van der Waals surface area contributed by atoms with Gasteiger partial charge in [-0.2, -0.15) is 0 Å². The number of ether oxygens (including phenoxy) is 1. The summed E-state index contributed by atoms with van der Waals surface area (Å²) in [6, 6.07) is 19.6. The first-order chi connectivity index (χ1) is 12.1. The van der Waals surface area contributed by atoms with E-state index < -0.39 is 11.5 Å². The summed E-state index contributed by atoms with van der Waals surface area (Å²) in [4.78, 5) is 26.0. The van der Waals surface area contributed by atoms with Crippen molar-refractivity contribution in [3.8, 4) is 0 Å². The maximum atomic E-state index is 13.3. The highest BCUT2D eigenvalue weighted by molar-refractivity contribution is 6.10. The molecular weight excluding hydrogens is 312 g/mol. The fraction of sp³-hybridized carbons (Fsp3) is 0.364. The van der Waals surface area contributed by atoms with Crippen molar-refractivity contribution < 1.29 is 14.3 Å². The molecule has 0 aliphatic carbocycles. The number of rotatable bonds is 6. The summed E-state index contributed by atoms with van der Waals surface area (Å²) in [6.45, 7) is 3.93. The van der Waals surface area contributed by atoms with Gasteiger partial charge in [0.2, 0.25) is 0 Å². The van der Waals surface area contributed by atoms with Crippen LogP contribution < -0.4 is 0 Å². The summed E-state index contributed by atoms with van der Waals surface area (Å²) >= 11 is 0. The molecule has 3 nitrogen and oxygen atoms in total. The maximum absolute atomic E-state index is 13.3. The number of benzene rings is 2. The highest BCUT2D eigenvalue weighted by atomic mass is 16.6. The van der Waals surface area contributed by atoms with Gasteiger partial charge in [-0.3, -0.25) is 9.59 Å². The number of hydrogen-bond acceptors (Lipinski definition) is 3. The molecule has 1 heterocycles. The first-order valence-corrected chi connectivity index (χ1v) is 8.97. The Labute approximate surface area is 149 Å². The van der Waals surface area contributed by atoms with Crippen LogP contribution in [0.25, 0.3) is 0 Å². The lowest BCUT2D eigenvalue weighted by molar-refractivity contribution is -0.153. The van der Waals surface area contributed by atoms with Crippen LogP contribution in [0, 0.1) is 5.92 Å². The van der Waals surface area contributed by atoms with Crippen LogP contribution in [0.4, 0.5) is 0 Å². The van der Waals surface area contributed by atoms with Gasteiger partial charge in [-0.05, 0) is 24.0 Å². The van der Waals surface area contributed by atoms with Gasteiger partial charge in [-0.15, -0.1) is 0 Å². The van der Waals surface area contributed by atoms with Crippen molar-refractivity contribution in [3.05, 3.63) is 71.8 Å². The Balaban J connectivity index is 1.92. The fourth-order valence-electron chi connectivity index (χ4n) is 3.83. The number of ketones is 1. The summed E-state index contributed by atoms with van der Waals surface area (Å²) in [5.41, 5.74) is 0.997. The van der Waals surface area contributed by atoms with Crippen LogP contribution >= 0.6 is 0 Å². The van der Waals surface area contributed by atoms with Gasteiger partial charge in [0.1, 0.15) is 5.92 Å². The number of Topliss-reactive ketones (excluding diaryl/α,β-unsaturated/α-hetero) is 1. The lowest BCUT2D eigenvalue weighted by Crippen LogP contribution is -2.40. The summed E-state index contributed by atoms with van der Waals surface area (Å²) in [5, 5.41) is 0. The zero-order chi connectivity index (χ0) is 17.9. The van der Waals surface area contributed by atoms with E-state index in [1.54, 1.807) is 0 Å². The van der Waals surface area contributed by atoms with Gasteiger partial charge in [0, 0.05) is 12.3 Å². The van der Waals surface area contributed by atoms with E-state index >= 15 is 0 Å². The smallest absolute Gasteiger partial charge is 0.318 e. The second-order valence-electron chi connectivity index (χ2n) is 6.70. The second-order valence-corrected chi connectivity index (χ2v) is 6.70. The van der Waals surface area contributed by atoms with Crippen molar-refractivity contribution in [1.29, 1.82) is 0 Å². The minimum atomic E-state index is -1.04. The lowest BCUT2D eigenvalue weighted by Gasteiger charge is -2.25. The van der Waals surface area contributed by atoms with Gasteiger partial charge < -0.3 is 4.74 Å². The molecule has 3 unspecified atom stereocenters. The first-order valence-electron chi connectivity index (χ1n) is 8.97. The Kier molecular flexibility index (Phi) is 5.03. The van der Waals surface area contributed by atoms with Gasteiger partial charge in [-0.1, -0.05) is 74.5 Å². The molecular formula is C22H24O3. The predicted octanol–water partition coefficient (Wildman–Crippen LogP) is 4.31. The molecule has 0 N–H and O–H groups in total. The first kappa shape index (κ1) is 17.4. The molecule has 0 bridgehead atoms. The van der Waals surface area contributed by atoms with E-state index in [9.17, 15) is 9.59 Å². The van der Waals surface area contributed by atoms with Crippen LogP contribution in [0.3, 0.4) is 0 Å². The van der Waals surface area contributed by atoms with Gasteiger partial charge in [0.25, 0.3) is 0 Å². The van der Waals surface area contributed by atoms with Crippen molar-refractivity contribution in [2.45, 2.75) is 44.6 Å². The molecule has 0 amide bonds. The van der Waals surface area contributed by atoms with Gasteiger partial charge in [0.15, 0.2) is 11.4 Å². The normalized spacial score (nSPS) is 24.2. The quantitative estimate of drug-likeness (QED) is 0.583. The number of carbonyl (C=O) groups excluding carboxylic acids is 2. The average molecular weight is 336 g/mol. The van der Waals surface area contributed by atoms with Crippen molar-refractivity contribution in [2.24, 2.45) is 5.92 Å². The Bertz CT molecular complexity index is 738. The summed E-state index contributed by atoms with van der Waals surface area (Å²) in [6.07, 6.45) is 1.66. The monoisotopic (exact) mass is 336 g/mol. The van der Waals surface area contributed by atoms with Crippen LogP contribution in [0.2, 0.25) is 0 Å². The molecule has 3 rings (SSSR count). The molecule has 0 aromatic heterocycles. The zero-order valence-corrected chi connectivity index (χ0v) is 14.8. The van der Waals surface area contributed by atoms with E-state index in [1.807, 2.05) is 74.5 Å². The van der Waals surface area contributed by atoms with Gasteiger partial charge in [-0.25, -0.2) is 0 Å². The van der Waals surface area contributed by atoms with E-state index in [1.165, 1.54) is 0 Å². The Morgan fingerprint density at radius 1 is 0.960 bits per heavy atom. The van der Waals surface area contributed by atoms with Crippen molar-refractivity contribution in [1.82, 2.24) is 0 Å². The van der Waals surface area contributed by atoms with Gasteiger partial charge >= 0.3 is 5.97 Å². The van der Waals surface area contributed by atoms with Crippen LogP contribution in [-0.4, -0.2) is 17.4 Å². The zero-order valence-electron chi connectivity index (χ0n) is 14.8. The molecule has 1 saturated heterocycles. The molecule has 3 heteroatoms. The molecule has 1 aliphatic rings. The van der Waals surface area contributed by atoms with E-state index in [4.69, 9.17) is 4.74 Å². The summed E-state index contributed by atoms with van der Waals surface area (Å²) in [7, 11) is 0. The number of cyclic esters (lactones) is 1. The average Bonchev–Trinajstić information content (AvgIpc) is 2.89. The summed E-state index contributed by atoms with van der Waals surface area (Å²) < 4.78 is 5.74. The molecule has 25 heavy (non-hydrogen) atoms. The van der Waals surface area contributed by atoms with E-state index in [2.05, 4.69) is 0 Å². The Morgan fingerprint density at radius 2 is 1.56 bits per heavy atom. The molecule has 1 aliphatic heterocycles. The molecule has 0 spiro atoms. The molecule has 3 atom stereocenters. The third-order valence-corrected chi connectivity index (χ3v) is 5.25. The number of esters is 1. The standard InChI is InChI=1S/C22H24O3/c1-3-18(17-13-9-6-10-14-17)19-20(23)22(4-2,25-21(19)24)15-16-11-7-5-8-12-16/h5-14,18-19H,3-4,15H2,1-2H3. The Hall–Kier alpha value is -2.42. The van der Waals surface area contributed by atoms with Crippen molar-refractivity contribution in [3.63, 3.8) is 0 Å². The summed E-state index contributed by atoms with van der Waals surface area (Å²) in [5.74, 6) is -1.29. The lowest BCUT2D eigenvalue weighted by atomic mass is 9.76. The van der Waals surface area contributed by atoms with Crippen LogP contribution in [0.15, 0.2) is 60.7 Å². The van der Waals surface area contributed by atoms with E-state index in [0.717, 1.165) is 17.5 Å². The third kappa shape index (κ3) is 3.23. The van der Waals surface area contributed by atoms with Crippen molar-refractivity contribution >= 4 is 11.8 Å². The maximum Gasteiger partial charge on any atom is 0.318 e. The third-order valence-electron chi connectivity index (χ3n) is 5.25. The highest BCUT2D eigenvalue weighted by Crippen LogP contribution is 2.41. The molecule has 0 saturated carbocycles. The SMILES string of the molecule is CCC(c1ccccc1)C1C(=O)OC(CC)(Cc2ccccc2)C1=O. The van der Waals surface area contributed by atoms with E-state index in [-0.39, 0.29) is 17.7 Å². The minimum absolute atomic E-state index is 0.0699. The largest absolute Gasteiger partial charge is 0.450 e. The van der Waals surface area contributed by atoms with Crippen LogP contribution in [-0.2, 0) is 20.7 Å². The van der Waals surface area contributed by atoms with Crippen molar-refractivity contribution in [2.75, 3.05) is 0 Å². The fourth-order valence-corrected chi connectivity index (χ4v) is 3.83. The number of hydrogen-bond donors (Lipinski definition) is 0. The molecule has 2 aromatic carbocycles.